The van der Waals surface area contributed by atoms with Crippen molar-refractivity contribution < 1.29 is 23.1 Å². The normalized spacial score (nSPS) is 12.4. The van der Waals surface area contributed by atoms with Crippen molar-refractivity contribution in [3.63, 3.8) is 0 Å². The van der Waals surface area contributed by atoms with Crippen molar-refractivity contribution in [3.8, 4) is 0 Å². The minimum Gasteiger partial charge on any atom is -0.465 e. The maximum Gasteiger partial charge on any atom is 0.412 e. The Morgan fingerprint density at radius 2 is 1.90 bits per heavy atom. The molecule has 0 fully saturated rings. The molecule has 0 saturated heterocycles. The average molecular weight is 416 g/mol. The lowest BCUT2D eigenvalue weighted by atomic mass is 9.89. The summed E-state index contributed by atoms with van der Waals surface area (Å²) in [7, 11) is 0. The van der Waals surface area contributed by atoms with Crippen molar-refractivity contribution in [3.05, 3.63) is 21.0 Å². The lowest BCUT2D eigenvalue weighted by Gasteiger charge is -2.29. The number of anilines is 1. The Bertz CT molecular complexity index is 554. The second kappa shape index (κ2) is 5.98. The summed E-state index contributed by atoms with van der Waals surface area (Å²) in [6.07, 6.45) is -6.27. The Labute approximate surface area is 134 Å². The van der Waals surface area contributed by atoms with E-state index in [-0.39, 0.29) is 5.69 Å². The van der Waals surface area contributed by atoms with Crippen molar-refractivity contribution in [2.24, 2.45) is 0 Å². The van der Waals surface area contributed by atoms with Crippen LogP contribution in [0.5, 0.6) is 0 Å². The van der Waals surface area contributed by atoms with E-state index in [9.17, 15) is 18.0 Å². The third kappa shape index (κ3) is 4.72. The Kier molecular flexibility index (Phi) is 5.12. The van der Waals surface area contributed by atoms with Gasteiger partial charge in [0.1, 0.15) is 6.54 Å². The van der Waals surface area contributed by atoms with E-state index < -0.39 is 24.2 Å². The molecule has 0 aliphatic carbocycles. The van der Waals surface area contributed by atoms with Crippen molar-refractivity contribution in [2.45, 2.75) is 39.3 Å². The summed E-state index contributed by atoms with van der Waals surface area (Å²) < 4.78 is 38.4. The number of amides is 1. The Morgan fingerprint density at radius 3 is 2.29 bits per heavy atom. The second-order valence-electron chi connectivity index (χ2n) is 5.68. The average Bonchev–Trinajstić information content (AvgIpc) is 2.22. The predicted molar refractivity (Wildman–Crippen MR) is 81.8 cm³/mol. The first-order chi connectivity index (χ1) is 9.33. The maximum absolute atomic E-state index is 12.7. The Morgan fingerprint density at radius 1 is 1.38 bits per heavy atom. The summed E-state index contributed by atoms with van der Waals surface area (Å²) in [6, 6.07) is 1.57. The highest BCUT2D eigenvalue weighted by molar-refractivity contribution is 14.1. The molecule has 0 unspecified atom stereocenters. The minimum atomic E-state index is -4.62. The van der Waals surface area contributed by atoms with Crippen LogP contribution in [-0.2, 0) is 5.41 Å². The molecule has 0 saturated carbocycles. The summed E-state index contributed by atoms with van der Waals surface area (Å²) in [5.74, 6) is 0. The molecule has 0 aliphatic rings. The third-order valence-electron chi connectivity index (χ3n) is 2.62. The molecule has 0 aromatic carbocycles. The fourth-order valence-corrected chi connectivity index (χ4v) is 2.83. The van der Waals surface area contributed by atoms with Crippen LogP contribution < -0.4 is 4.90 Å². The molecule has 1 N–H and O–H groups in total. The van der Waals surface area contributed by atoms with Crippen LogP contribution in [0.25, 0.3) is 0 Å². The second-order valence-corrected chi connectivity index (χ2v) is 6.84. The Balaban J connectivity index is 3.54. The first kappa shape index (κ1) is 18.0. The molecular formula is C13H16F3IN2O2. The maximum atomic E-state index is 12.7. The van der Waals surface area contributed by atoms with Gasteiger partial charge in [-0.3, -0.25) is 9.88 Å². The van der Waals surface area contributed by atoms with Crippen molar-refractivity contribution in [2.75, 3.05) is 11.4 Å². The SMILES string of the molecule is Cc1cc(I)c(N(CC(F)(F)F)C(=O)O)c(C(C)(C)C)n1. The number of carbonyl (C=O) groups is 1. The molecule has 118 valence electrons. The third-order valence-corrected chi connectivity index (χ3v) is 3.45. The molecule has 1 rings (SSSR count). The van der Waals surface area contributed by atoms with Crippen LogP contribution in [0, 0.1) is 10.5 Å². The molecule has 8 heteroatoms. The van der Waals surface area contributed by atoms with Crippen molar-refractivity contribution in [1.82, 2.24) is 4.98 Å². The van der Waals surface area contributed by atoms with Crippen LogP contribution in [0.4, 0.5) is 23.7 Å². The topological polar surface area (TPSA) is 53.4 Å². The molecule has 1 aromatic heterocycles. The molecule has 0 radical (unpaired) electrons. The van der Waals surface area contributed by atoms with Crippen LogP contribution in [0.2, 0.25) is 0 Å². The number of aryl methyl sites for hydroxylation is 1. The number of hydrogen-bond acceptors (Lipinski definition) is 2. The van der Waals surface area contributed by atoms with Gasteiger partial charge in [0, 0.05) is 14.7 Å². The lowest BCUT2D eigenvalue weighted by Crippen LogP contribution is -2.40. The number of alkyl halides is 3. The summed E-state index contributed by atoms with van der Waals surface area (Å²) in [5, 5.41) is 9.17. The molecular weight excluding hydrogens is 400 g/mol. The van der Waals surface area contributed by atoms with E-state index in [1.807, 2.05) is 22.6 Å². The molecule has 0 aliphatic heterocycles. The van der Waals surface area contributed by atoms with E-state index in [1.165, 1.54) is 0 Å². The van der Waals surface area contributed by atoms with E-state index in [2.05, 4.69) is 4.98 Å². The van der Waals surface area contributed by atoms with E-state index in [0.717, 1.165) is 0 Å². The largest absolute Gasteiger partial charge is 0.465 e. The van der Waals surface area contributed by atoms with Gasteiger partial charge in [0.15, 0.2) is 0 Å². The van der Waals surface area contributed by atoms with E-state index in [1.54, 1.807) is 33.8 Å². The first-order valence-electron chi connectivity index (χ1n) is 6.08. The molecule has 4 nitrogen and oxygen atoms in total. The standard InChI is InChI=1S/C13H16F3IN2O2/c1-7-5-8(17)9(10(18-7)12(2,3)4)19(11(20)21)6-13(14,15)16/h5H,6H2,1-4H3,(H,20,21). The van der Waals surface area contributed by atoms with Crippen LogP contribution in [0.3, 0.4) is 0 Å². The zero-order valence-corrected chi connectivity index (χ0v) is 14.2. The number of pyridine rings is 1. The van der Waals surface area contributed by atoms with E-state index in [4.69, 9.17) is 5.11 Å². The highest BCUT2D eigenvalue weighted by Gasteiger charge is 2.37. The number of nitrogens with zero attached hydrogens (tertiary/aromatic N) is 2. The molecule has 1 heterocycles. The van der Waals surface area contributed by atoms with Gasteiger partial charge in [0.2, 0.25) is 0 Å². The van der Waals surface area contributed by atoms with Gasteiger partial charge < -0.3 is 5.11 Å². The summed E-state index contributed by atoms with van der Waals surface area (Å²) >= 11 is 1.84. The van der Waals surface area contributed by atoms with Gasteiger partial charge in [-0.05, 0) is 35.6 Å². The van der Waals surface area contributed by atoms with E-state index in [0.29, 0.717) is 19.9 Å². The molecule has 0 bridgehead atoms. The van der Waals surface area contributed by atoms with Gasteiger partial charge in [-0.2, -0.15) is 13.2 Å². The van der Waals surface area contributed by atoms with Crippen LogP contribution >= 0.6 is 22.6 Å². The summed E-state index contributed by atoms with van der Waals surface area (Å²) in [5.41, 5.74) is 0.378. The highest BCUT2D eigenvalue weighted by Crippen LogP contribution is 2.36. The van der Waals surface area contributed by atoms with Gasteiger partial charge in [0.25, 0.3) is 0 Å². The summed E-state index contributed by atoms with van der Waals surface area (Å²) in [6.45, 7) is 5.49. The lowest BCUT2D eigenvalue weighted by molar-refractivity contribution is -0.119. The van der Waals surface area contributed by atoms with Gasteiger partial charge in [-0.15, -0.1) is 0 Å². The van der Waals surface area contributed by atoms with Crippen LogP contribution in [0.15, 0.2) is 6.07 Å². The molecule has 1 amide bonds. The fraction of sp³-hybridized carbons (Fsp3) is 0.538. The smallest absolute Gasteiger partial charge is 0.412 e. The van der Waals surface area contributed by atoms with E-state index >= 15 is 0 Å². The number of hydrogen-bond donors (Lipinski definition) is 1. The number of halogens is 4. The number of aromatic nitrogens is 1. The Hall–Kier alpha value is -1.06. The summed E-state index contributed by atoms with van der Waals surface area (Å²) in [4.78, 5) is 15.9. The molecule has 0 spiro atoms. The molecule has 1 aromatic rings. The van der Waals surface area contributed by atoms with Crippen molar-refractivity contribution >= 4 is 34.4 Å². The molecule has 0 atom stereocenters. The minimum absolute atomic E-state index is 0.00137. The highest BCUT2D eigenvalue weighted by atomic mass is 127. The predicted octanol–water partition coefficient (Wildman–Crippen LogP) is 4.34. The number of rotatable bonds is 2. The fourth-order valence-electron chi connectivity index (χ4n) is 1.83. The first-order valence-corrected chi connectivity index (χ1v) is 7.15. The van der Waals surface area contributed by atoms with Gasteiger partial charge >= 0.3 is 12.3 Å². The van der Waals surface area contributed by atoms with Gasteiger partial charge in [-0.25, -0.2) is 4.79 Å². The zero-order chi connectivity index (χ0) is 16.6. The zero-order valence-electron chi connectivity index (χ0n) is 12.0. The quantitative estimate of drug-likeness (QED) is 0.731. The van der Waals surface area contributed by atoms with Crippen LogP contribution in [0.1, 0.15) is 32.2 Å². The van der Waals surface area contributed by atoms with Crippen LogP contribution in [-0.4, -0.2) is 28.9 Å². The van der Waals surface area contributed by atoms with Gasteiger partial charge in [-0.1, -0.05) is 20.8 Å². The molecule has 21 heavy (non-hydrogen) atoms. The number of carboxylic acid groups (broad SMARTS) is 1. The monoisotopic (exact) mass is 416 g/mol. The van der Waals surface area contributed by atoms with Crippen molar-refractivity contribution in [1.29, 1.82) is 0 Å². The van der Waals surface area contributed by atoms with Gasteiger partial charge in [0.05, 0.1) is 11.4 Å².